The van der Waals surface area contributed by atoms with Crippen LogP contribution in [0.5, 0.6) is 0 Å². The maximum Gasteiger partial charge on any atom is 0.407 e. The summed E-state index contributed by atoms with van der Waals surface area (Å²) in [5.41, 5.74) is 0.695. The van der Waals surface area contributed by atoms with Crippen LogP contribution in [0.15, 0.2) is 24.3 Å². The molecule has 0 unspecified atom stereocenters. The number of aliphatic hydroxyl groups is 1. The fourth-order valence-electron chi connectivity index (χ4n) is 1.65. The second kappa shape index (κ2) is 7.78. The highest BCUT2D eigenvalue weighted by Gasteiger charge is 2.15. The van der Waals surface area contributed by atoms with Gasteiger partial charge in [0.25, 0.3) is 0 Å². The molecule has 0 atom stereocenters. The summed E-state index contributed by atoms with van der Waals surface area (Å²) in [5.74, 6) is -0.381. The van der Waals surface area contributed by atoms with E-state index in [1.807, 2.05) is 6.08 Å². The van der Waals surface area contributed by atoms with Crippen molar-refractivity contribution in [2.45, 2.75) is 39.4 Å². The Morgan fingerprint density at radius 2 is 2.10 bits per heavy atom. The van der Waals surface area contributed by atoms with Crippen LogP contribution >= 0.6 is 0 Å². The fourth-order valence-corrected chi connectivity index (χ4v) is 1.65. The van der Waals surface area contributed by atoms with Crippen LogP contribution in [0.2, 0.25) is 0 Å². The molecule has 1 aromatic carbocycles. The first-order chi connectivity index (χ1) is 9.80. The molecule has 1 rings (SSSR count). The van der Waals surface area contributed by atoms with Crippen molar-refractivity contribution in [1.29, 1.82) is 0 Å². The van der Waals surface area contributed by atoms with E-state index in [2.05, 4.69) is 5.32 Å². The average molecular weight is 295 g/mol. The van der Waals surface area contributed by atoms with E-state index in [-0.39, 0.29) is 12.4 Å². The van der Waals surface area contributed by atoms with Crippen molar-refractivity contribution in [2.75, 3.05) is 6.54 Å². The number of ether oxygens (including phenoxy) is 1. The molecule has 4 nitrogen and oxygen atoms in total. The molecular weight excluding hydrogens is 273 g/mol. The Balaban J connectivity index is 2.39. The monoisotopic (exact) mass is 295 g/mol. The van der Waals surface area contributed by atoms with Crippen LogP contribution < -0.4 is 5.32 Å². The Morgan fingerprint density at radius 1 is 1.38 bits per heavy atom. The van der Waals surface area contributed by atoms with Crippen LogP contribution in [0.1, 0.15) is 38.3 Å². The van der Waals surface area contributed by atoms with Gasteiger partial charge in [-0.05, 0) is 56.5 Å². The number of nitrogens with one attached hydrogen (secondary N) is 1. The summed E-state index contributed by atoms with van der Waals surface area (Å²) in [5, 5.41) is 11.6. The number of rotatable bonds is 5. The quantitative estimate of drug-likeness (QED) is 0.820. The number of hydrogen-bond acceptors (Lipinski definition) is 3. The van der Waals surface area contributed by atoms with E-state index in [4.69, 9.17) is 9.84 Å². The maximum atomic E-state index is 13.2. The molecule has 21 heavy (non-hydrogen) atoms. The van der Waals surface area contributed by atoms with Gasteiger partial charge >= 0.3 is 6.09 Å². The molecular formula is C16H22FNO3. The summed E-state index contributed by atoms with van der Waals surface area (Å²) in [7, 11) is 0. The minimum atomic E-state index is -0.512. The van der Waals surface area contributed by atoms with Gasteiger partial charge < -0.3 is 15.2 Å². The van der Waals surface area contributed by atoms with Crippen molar-refractivity contribution in [3.05, 3.63) is 41.2 Å². The number of amides is 1. The summed E-state index contributed by atoms with van der Waals surface area (Å²) in [6.07, 6.45) is 3.72. The highest BCUT2D eigenvalue weighted by Crippen LogP contribution is 2.11. The van der Waals surface area contributed by atoms with Gasteiger partial charge in [-0.3, -0.25) is 0 Å². The summed E-state index contributed by atoms with van der Waals surface area (Å²) < 4.78 is 18.3. The maximum absolute atomic E-state index is 13.2. The minimum absolute atomic E-state index is 0.196. The van der Waals surface area contributed by atoms with Crippen LogP contribution in [0.25, 0.3) is 6.08 Å². The van der Waals surface area contributed by atoms with Crippen molar-refractivity contribution in [3.8, 4) is 0 Å². The van der Waals surface area contributed by atoms with Crippen LogP contribution in [-0.2, 0) is 11.3 Å². The average Bonchev–Trinajstić information content (AvgIpc) is 2.35. The van der Waals surface area contributed by atoms with Gasteiger partial charge in [0.05, 0.1) is 6.61 Å². The van der Waals surface area contributed by atoms with E-state index in [1.54, 1.807) is 32.9 Å². The number of carbonyl (C=O) groups excluding carboxylic acids is 1. The Hall–Kier alpha value is -1.88. The van der Waals surface area contributed by atoms with Crippen molar-refractivity contribution in [3.63, 3.8) is 0 Å². The van der Waals surface area contributed by atoms with Gasteiger partial charge in [-0.25, -0.2) is 9.18 Å². The smallest absolute Gasteiger partial charge is 0.407 e. The molecule has 0 heterocycles. The largest absolute Gasteiger partial charge is 0.444 e. The highest BCUT2D eigenvalue weighted by atomic mass is 19.1. The first kappa shape index (κ1) is 17.2. The lowest BCUT2D eigenvalue weighted by atomic mass is 10.1. The molecule has 0 spiro atoms. The zero-order valence-corrected chi connectivity index (χ0v) is 12.6. The standard InChI is InChI=1S/C16H22FNO3/c1-16(2,3)21-15(20)18-7-5-4-6-12-8-13(11-19)10-14(17)9-12/h4,6,8-10,19H,5,7,11H2,1-3H3,(H,18,20). The Kier molecular flexibility index (Phi) is 6.37. The molecule has 5 heteroatoms. The van der Waals surface area contributed by atoms with Crippen LogP contribution in [-0.4, -0.2) is 23.3 Å². The van der Waals surface area contributed by atoms with E-state index < -0.39 is 11.7 Å². The van der Waals surface area contributed by atoms with Crippen LogP contribution in [0, 0.1) is 5.82 Å². The first-order valence-electron chi connectivity index (χ1n) is 6.84. The van der Waals surface area contributed by atoms with E-state index >= 15 is 0 Å². The molecule has 0 saturated carbocycles. The SMILES string of the molecule is CC(C)(C)OC(=O)NCCC=Cc1cc(F)cc(CO)c1. The molecule has 2 N–H and O–H groups in total. The van der Waals surface area contributed by atoms with Gasteiger partial charge in [0.1, 0.15) is 11.4 Å². The normalized spacial score (nSPS) is 11.7. The highest BCUT2D eigenvalue weighted by molar-refractivity contribution is 5.67. The number of carbonyl (C=O) groups is 1. The van der Waals surface area contributed by atoms with E-state index in [0.29, 0.717) is 24.1 Å². The predicted molar refractivity (Wildman–Crippen MR) is 80.2 cm³/mol. The van der Waals surface area contributed by atoms with Gasteiger partial charge in [0, 0.05) is 6.54 Å². The lowest BCUT2D eigenvalue weighted by molar-refractivity contribution is 0.0529. The molecule has 1 aromatic rings. The number of alkyl carbamates (subject to hydrolysis) is 1. The summed E-state index contributed by atoms with van der Waals surface area (Å²) >= 11 is 0. The molecule has 0 aliphatic carbocycles. The molecule has 116 valence electrons. The number of aliphatic hydroxyl groups excluding tert-OH is 1. The third kappa shape index (κ3) is 7.46. The lowest BCUT2D eigenvalue weighted by Gasteiger charge is -2.19. The van der Waals surface area contributed by atoms with Gasteiger partial charge in [0.2, 0.25) is 0 Å². The summed E-state index contributed by atoms with van der Waals surface area (Å²) in [4.78, 5) is 11.4. The second-order valence-electron chi connectivity index (χ2n) is 5.67. The van der Waals surface area contributed by atoms with Gasteiger partial charge in [-0.2, -0.15) is 0 Å². The zero-order valence-electron chi connectivity index (χ0n) is 12.6. The Morgan fingerprint density at radius 3 is 2.71 bits per heavy atom. The first-order valence-corrected chi connectivity index (χ1v) is 6.84. The van der Waals surface area contributed by atoms with Crippen molar-refractivity contribution in [1.82, 2.24) is 5.32 Å². The van der Waals surface area contributed by atoms with Crippen LogP contribution in [0.4, 0.5) is 9.18 Å². The minimum Gasteiger partial charge on any atom is -0.444 e. The van der Waals surface area contributed by atoms with Crippen LogP contribution in [0.3, 0.4) is 0 Å². The summed E-state index contributed by atoms with van der Waals surface area (Å²) in [6, 6.07) is 4.39. The topological polar surface area (TPSA) is 58.6 Å². The Labute approximate surface area is 124 Å². The fraction of sp³-hybridized carbons (Fsp3) is 0.438. The Bertz CT molecular complexity index is 507. The second-order valence-corrected chi connectivity index (χ2v) is 5.67. The molecule has 1 amide bonds. The van der Waals surface area contributed by atoms with Crippen molar-refractivity contribution < 1.29 is 19.0 Å². The van der Waals surface area contributed by atoms with E-state index in [0.717, 1.165) is 0 Å². The van der Waals surface area contributed by atoms with Gasteiger partial charge in [-0.15, -0.1) is 0 Å². The van der Waals surface area contributed by atoms with E-state index in [9.17, 15) is 9.18 Å². The summed E-state index contributed by atoms with van der Waals surface area (Å²) in [6.45, 7) is 5.64. The van der Waals surface area contributed by atoms with Gasteiger partial charge in [0.15, 0.2) is 0 Å². The predicted octanol–water partition coefficient (Wildman–Crippen LogP) is 3.25. The number of benzene rings is 1. The molecule has 0 aliphatic rings. The zero-order chi connectivity index (χ0) is 15.9. The molecule has 0 saturated heterocycles. The van der Waals surface area contributed by atoms with E-state index in [1.165, 1.54) is 12.1 Å². The van der Waals surface area contributed by atoms with Gasteiger partial charge in [-0.1, -0.05) is 12.2 Å². The third-order valence-electron chi connectivity index (χ3n) is 2.45. The third-order valence-corrected chi connectivity index (χ3v) is 2.45. The molecule has 0 bridgehead atoms. The molecule has 0 aromatic heterocycles. The van der Waals surface area contributed by atoms with Crippen molar-refractivity contribution in [2.24, 2.45) is 0 Å². The lowest BCUT2D eigenvalue weighted by Crippen LogP contribution is -2.32. The number of hydrogen-bond donors (Lipinski definition) is 2. The molecule has 0 radical (unpaired) electrons. The number of halogens is 1. The van der Waals surface area contributed by atoms with Crippen molar-refractivity contribution >= 4 is 12.2 Å². The molecule has 0 aliphatic heterocycles. The molecule has 0 fully saturated rings.